The van der Waals surface area contributed by atoms with Gasteiger partial charge in [0.1, 0.15) is 24.2 Å². The lowest BCUT2D eigenvalue weighted by molar-refractivity contribution is -0.137. The molecular weight excluding hydrogens is 829 g/mol. The summed E-state index contributed by atoms with van der Waals surface area (Å²) in [6, 6.07) is 11.4. The number of benzene rings is 2. The molecule has 2 heterocycles. The van der Waals surface area contributed by atoms with E-state index in [4.69, 9.17) is 11.5 Å². The predicted octanol–water partition coefficient (Wildman–Crippen LogP) is 2.56. The number of ketones is 1. The van der Waals surface area contributed by atoms with E-state index in [2.05, 4.69) is 41.9 Å². The van der Waals surface area contributed by atoms with E-state index in [9.17, 15) is 33.6 Å². The fourth-order valence-corrected chi connectivity index (χ4v) is 8.83. The van der Waals surface area contributed by atoms with Gasteiger partial charge in [0.25, 0.3) is 0 Å². The highest BCUT2D eigenvalue weighted by Crippen LogP contribution is 2.28. The molecule has 0 spiro atoms. The number of nitrogens with one attached hydrogen (secondary N) is 7. The number of fused-ring (bicyclic) bond motifs is 1. The van der Waals surface area contributed by atoms with Gasteiger partial charge in [0.2, 0.25) is 35.4 Å². The van der Waals surface area contributed by atoms with Gasteiger partial charge in [-0.2, -0.15) is 0 Å². The number of para-hydroxylation sites is 1. The molecule has 352 valence electrons. The van der Waals surface area contributed by atoms with Crippen molar-refractivity contribution in [2.75, 3.05) is 13.1 Å². The topological polar surface area (TPSA) is 272 Å². The van der Waals surface area contributed by atoms with Gasteiger partial charge in [-0.1, -0.05) is 94.5 Å². The third-order valence-corrected chi connectivity index (χ3v) is 12.5. The van der Waals surface area contributed by atoms with Crippen LogP contribution in [0.3, 0.4) is 0 Å². The first-order valence-electron chi connectivity index (χ1n) is 23.1. The summed E-state index contributed by atoms with van der Waals surface area (Å²) < 4.78 is 0. The fourth-order valence-electron chi connectivity index (χ4n) is 8.83. The van der Waals surface area contributed by atoms with Gasteiger partial charge >= 0.3 is 0 Å². The van der Waals surface area contributed by atoms with Crippen molar-refractivity contribution in [3.8, 4) is 0 Å². The number of hydrogen-bond donors (Lipinski definition) is 9. The first-order chi connectivity index (χ1) is 31.2. The Balaban J connectivity index is 1.48. The van der Waals surface area contributed by atoms with E-state index in [1.807, 2.05) is 68.4 Å². The molecule has 17 nitrogen and oxygen atoms in total. The molecule has 2 aliphatic rings. The molecule has 6 atom stereocenters. The summed E-state index contributed by atoms with van der Waals surface area (Å²) in [5.74, 6) is -4.71. The average Bonchev–Trinajstić information content (AvgIpc) is 3.69. The highest BCUT2D eigenvalue weighted by atomic mass is 16.2. The largest absolute Gasteiger partial charge is 0.370 e. The fraction of sp³-hybridized carbons (Fsp3) is 0.542. The number of guanidine groups is 1. The van der Waals surface area contributed by atoms with Crippen molar-refractivity contribution in [1.29, 1.82) is 0 Å². The molecule has 17 heteroatoms. The number of hydrogen-bond acceptors (Lipinski definition) is 8. The summed E-state index contributed by atoms with van der Waals surface area (Å²) in [6.07, 6.45) is 7.79. The summed E-state index contributed by atoms with van der Waals surface area (Å²) in [4.78, 5) is 105. The molecule has 1 aliphatic carbocycles. The van der Waals surface area contributed by atoms with Crippen LogP contribution < -0.4 is 43.4 Å². The van der Waals surface area contributed by atoms with Crippen LogP contribution in [0.15, 0.2) is 65.8 Å². The highest BCUT2D eigenvalue weighted by molar-refractivity contribution is 5.97. The van der Waals surface area contributed by atoms with Gasteiger partial charge in [-0.15, -0.1) is 0 Å². The summed E-state index contributed by atoms with van der Waals surface area (Å²) in [5.41, 5.74) is 13.5. The number of Topliss-reactive ketones (excluding diaryl/α,β-unsaturated/α-hetero) is 1. The Morgan fingerprint density at radius 2 is 1.48 bits per heavy atom. The number of nitrogens with zero attached hydrogens (tertiary/aromatic N) is 1. The number of aromatic nitrogens is 1. The Kier molecular flexibility index (Phi) is 18.9. The van der Waals surface area contributed by atoms with Crippen LogP contribution in [0.4, 0.5) is 0 Å². The number of rotatable bonds is 14. The maximum absolute atomic E-state index is 14.6. The van der Waals surface area contributed by atoms with E-state index in [1.165, 1.54) is 6.92 Å². The van der Waals surface area contributed by atoms with Gasteiger partial charge in [0, 0.05) is 62.3 Å². The molecule has 11 N–H and O–H groups in total. The van der Waals surface area contributed by atoms with E-state index >= 15 is 0 Å². The number of H-pyrrole nitrogens is 1. The van der Waals surface area contributed by atoms with Crippen LogP contribution >= 0.6 is 0 Å². The van der Waals surface area contributed by atoms with Crippen molar-refractivity contribution < 1.29 is 33.6 Å². The Hall–Kier alpha value is -6.26. The molecule has 0 bridgehead atoms. The first-order valence-corrected chi connectivity index (χ1v) is 23.1. The number of nitrogens with two attached hydrogens (primary N) is 2. The molecule has 0 radical (unpaired) electrons. The molecule has 2 fully saturated rings. The minimum Gasteiger partial charge on any atom is -0.370 e. The number of carbonyl (C=O) groups excluding carboxylic acids is 7. The zero-order chi connectivity index (χ0) is 46.9. The molecule has 65 heavy (non-hydrogen) atoms. The minimum atomic E-state index is -1.14. The van der Waals surface area contributed by atoms with Crippen molar-refractivity contribution >= 4 is 58.1 Å². The van der Waals surface area contributed by atoms with Gasteiger partial charge < -0.3 is 48.4 Å². The summed E-state index contributed by atoms with van der Waals surface area (Å²) >= 11 is 0. The summed E-state index contributed by atoms with van der Waals surface area (Å²) in [5, 5.41) is 18.2. The monoisotopic (exact) mass is 897 g/mol. The van der Waals surface area contributed by atoms with E-state index in [0.717, 1.165) is 54.1 Å². The second-order valence-electron chi connectivity index (χ2n) is 17.9. The van der Waals surface area contributed by atoms with Gasteiger partial charge in [-0.05, 0) is 61.1 Å². The van der Waals surface area contributed by atoms with Crippen LogP contribution in [0, 0.1) is 17.8 Å². The van der Waals surface area contributed by atoms with Gasteiger partial charge in [-0.3, -0.25) is 38.6 Å². The lowest BCUT2D eigenvalue weighted by Crippen LogP contribution is -2.58. The van der Waals surface area contributed by atoms with E-state index in [1.54, 1.807) is 6.20 Å². The number of aromatic amines is 1. The summed E-state index contributed by atoms with van der Waals surface area (Å²) in [6.45, 7) is 5.23. The molecule has 1 saturated carbocycles. The molecule has 6 amide bonds. The molecule has 1 saturated heterocycles. The zero-order valence-corrected chi connectivity index (χ0v) is 38.0. The van der Waals surface area contributed by atoms with Crippen LogP contribution in [0.25, 0.3) is 10.9 Å². The number of amides is 6. The Morgan fingerprint density at radius 1 is 0.800 bits per heavy atom. The molecule has 1 aliphatic heterocycles. The number of aliphatic imine (C=N–C) groups is 1. The van der Waals surface area contributed by atoms with Crippen molar-refractivity contribution in [3.05, 3.63) is 71.9 Å². The van der Waals surface area contributed by atoms with Crippen LogP contribution in [-0.4, -0.2) is 95.5 Å². The summed E-state index contributed by atoms with van der Waals surface area (Å²) in [7, 11) is 0. The molecule has 1 aromatic heterocycles. The maximum Gasteiger partial charge on any atom is 0.243 e. The Morgan fingerprint density at radius 3 is 2.18 bits per heavy atom. The Labute approximate surface area is 381 Å². The van der Waals surface area contributed by atoms with E-state index < -0.39 is 77.4 Å². The normalized spacial score (nSPS) is 22.6. The standard InChI is InChI=1S/C48H68N10O7/c1-29(2)35-27-42(60)37(55-45(63)39(54-30(3)59)24-31-14-6-4-7-15-31)20-12-22-51-44(62)38(21-13-23-52-48(49)50)56-47(65)41(26-33-28-53-36-19-11-10-18-34(33)36)58-46(64)40(57-43(35)61)25-32-16-8-5-9-17-32/h4,6-7,10-11,14-15,18-19,28-29,32,35,37-41,53H,5,8-9,12-13,16-17,20-27H2,1-3H3,(H,51,62)(H,54,59)(H,55,63)(H,56,65)(H,57,61)(H,58,64)(H4,49,50,52)/t35-,37-,38-,39-,40+,41-/m0/s1. The molecule has 0 unspecified atom stereocenters. The predicted molar refractivity (Wildman–Crippen MR) is 249 cm³/mol. The lowest BCUT2D eigenvalue weighted by Gasteiger charge is -2.31. The van der Waals surface area contributed by atoms with E-state index in [0.29, 0.717) is 12.8 Å². The van der Waals surface area contributed by atoms with Gasteiger partial charge in [0.15, 0.2) is 11.7 Å². The Bertz CT molecular complexity index is 2130. The first kappa shape index (κ1) is 49.8. The zero-order valence-electron chi connectivity index (χ0n) is 38.0. The number of carbonyl (C=O) groups is 7. The lowest BCUT2D eigenvalue weighted by atomic mass is 9.83. The third kappa shape index (κ3) is 15.5. The van der Waals surface area contributed by atoms with Crippen molar-refractivity contribution in [2.45, 2.75) is 134 Å². The van der Waals surface area contributed by atoms with Gasteiger partial charge in [-0.25, -0.2) is 0 Å². The SMILES string of the molecule is CC(=O)N[C@@H](Cc1ccccc1)C(=O)N[C@H]1CCCNC(=O)[C@H](CCCN=C(N)N)NC(=O)[C@H](Cc2c[nH]c3ccccc23)NC(=O)[C@@H](CC2CCCCC2)NC(=O)[C@H](C(C)C)CC1=O. The van der Waals surface area contributed by atoms with Crippen molar-refractivity contribution in [2.24, 2.45) is 34.2 Å². The minimum absolute atomic E-state index is 0.0738. The second kappa shape index (κ2) is 24.7. The second-order valence-corrected chi connectivity index (χ2v) is 17.9. The average molecular weight is 897 g/mol. The highest BCUT2D eigenvalue weighted by Gasteiger charge is 2.36. The van der Waals surface area contributed by atoms with Crippen LogP contribution in [0.2, 0.25) is 0 Å². The van der Waals surface area contributed by atoms with Crippen LogP contribution in [0.1, 0.15) is 103 Å². The van der Waals surface area contributed by atoms with Crippen LogP contribution in [0.5, 0.6) is 0 Å². The molecular formula is C48H68N10O7. The molecule has 5 rings (SSSR count). The molecule has 2 aromatic carbocycles. The van der Waals surface area contributed by atoms with E-state index in [-0.39, 0.29) is 69.4 Å². The van der Waals surface area contributed by atoms with Crippen LogP contribution in [-0.2, 0) is 46.4 Å². The third-order valence-electron chi connectivity index (χ3n) is 12.5. The maximum atomic E-state index is 14.6. The smallest absolute Gasteiger partial charge is 0.243 e. The molecule has 3 aromatic rings. The quantitative estimate of drug-likeness (QED) is 0.0653. The van der Waals surface area contributed by atoms with Crippen molar-refractivity contribution in [1.82, 2.24) is 36.9 Å². The van der Waals surface area contributed by atoms with Gasteiger partial charge in [0.05, 0.1) is 6.04 Å². The van der Waals surface area contributed by atoms with Crippen molar-refractivity contribution in [3.63, 3.8) is 0 Å².